The molecule has 1 N–H and O–H groups in total. The van der Waals surface area contributed by atoms with Gasteiger partial charge in [-0.15, -0.1) is 0 Å². The smallest absolute Gasteiger partial charge is 0.00277 e. The van der Waals surface area contributed by atoms with E-state index in [1.54, 1.807) is 0 Å². The zero-order valence-corrected chi connectivity index (χ0v) is 9.27. The summed E-state index contributed by atoms with van der Waals surface area (Å²) in [5, 5.41) is 2.94. The van der Waals surface area contributed by atoms with Crippen LogP contribution in [0.5, 0.6) is 0 Å². The van der Waals surface area contributed by atoms with Crippen molar-refractivity contribution in [1.29, 1.82) is 0 Å². The zero-order valence-electron chi connectivity index (χ0n) is 9.27. The lowest BCUT2D eigenvalue weighted by Gasteiger charge is -1.97. The fourth-order valence-corrected chi connectivity index (χ4v) is 1.21. The highest BCUT2D eigenvalue weighted by Crippen LogP contribution is 2.12. The summed E-state index contributed by atoms with van der Waals surface area (Å²) in [7, 11) is 1.88. The van der Waals surface area contributed by atoms with Crippen LogP contribution in [0.3, 0.4) is 0 Å². The fraction of sp³-hybridized carbons (Fsp3) is 0.143. The van der Waals surface area contributed by atoms with Crippen molar-refractivity contribution in [2.75, 3.05) is 7.05 Å². The van der Waals surface area contributed by atoms with Crippen LogP contribution in [0.2, 0.25) is 0 Å². The summed E-state index contributed by atoms with van der Waals surface area (Å²) in [6.45, 7) is 2.11. The lowest BCUT2D eigenvalue weighted by molar-refractivity contribution is 1.10. The Labute approximate surface area is 91.8 Å². The van der Waals surface area contributed by atoms with Gasteiger partial charge in [0.15, 0.2) is 0 Å². The summed E-state index contributed by atoms with van der Waals surface area (Å²) in [6, 6.07) is 10.4. The second kappa shape index (κ2) is 6.66. The van der Waals surface area contributed by atoms with Crippen molar-refractivity contribution >= 4 is 5.57 Å². The fourth-order valence-electron chi connectivity index (χ4n) is 1.21. The largest absolute Gasteiger partial charge is 0.394 e. The van der Waals surface area contributed by atoms with E-state index in [0.29, 0.717) is 0 Å². The molecule has 1 aromatic carbocycles. The van der Waals surface area contributed by atoms with Gasteiger partial charge in [-0.3, -0.25) is 0 Å². The molecule has 0 unspecified atom stereocenters. The van der Waals surface area contributed by atoms with E-state index in [-0.39, 0.29) is 0 Å². The summed E-state index contributed by atoms with van der Waals surface area (Å²) in [5.74, 6) is 0. The Morgan fingerprint density at radius 1 is 1.07 bits per heavy atom. The molecular weight excluding hydrogens is 182 g/mol. The molecule has 0 aliphatic carbocycles. The summed E-state index contributed by atoms with van der Waals surface area (Å²) in [4.78, 5) is 0. The van der Waals surface area contributed by atoms with Crippen molar-refractivity contribution < 1.29 is 0 Å². The van der Waals surface area contributed by atoms with Crippen molar-refractivity contribution in [2.45, 2.75) is 6.92 Å². The van der Waals surface area contributed by atoms with Gasteiger partial charge in [0.25, 0.3) is 0 Å². The van der Waals surface area contributed by atoms with E-state index in [9.17, 15) is 0 Å². The molecule has 1 heteroatoms. The van der Waals surface area contributed by atoms with Crippen LogP contribution in [-0.4, -0.2) is 7.05 Å². The summed E-state index contributed by atoms with van der Waals surface area (Å²) < 4.78 is 0. The molecule has 0 saturated heterocycles. The average Bonchev–Trinajstić information content (AvgIpc) is 2.30. The second-order valence-electron chi connectivity index (χ2n) is 3.25. The molecule has 0 aliphatic rings. The predicted octanol–water partition coefficient (Wildman–Crippen LogP) is 3.38. The maximum atomic E-state index is 2.94. The Hall–Kier alpha value is -1.76. The number of allylic oxidation sites excluding steroid dienone is 5. The van der Waals surface area contributed by atoms with E-state index in [4.69, 9.17) is 0 Å². The lowest BCUT2D eigenvalue weighted by atomic mass is 10.1. The number of rotatable bonds is 4. The van der Waals surface area contributed by atoms with E-state index in [0.717, 1.165) is 0 Å². The van der Waals surface area contributed by atoms with Gasteiger partial charge < -0.3 is 5.32 Å². The quantitative estimate of drug-likeness (QED) is 0.733. The van der Waals surface area contributed by atoms with Gasteiger partial charge >= 0.3 is 0 Å². The molecule has 0 radical (unpaired) electrons. The molecule has 1 rings (SSSR count). The van der Waals surface area contributed by atoms with Crippen molar-refractivity contribution in [3.63, 3.8) is 0 Å². The molecule has 0 fully saturated rings. The molecular formula is C14H17N. The van der Waals surface area contributed by atoms with Crippen LogP contribution in [0.15, 0.2) is 60.8 Å². The maximum absolute atomic E-state index is 2.94. The highest BCUT2D eigenvalue weighted by Gasteiger charge is 1.89. The third kappa shape index (κ3) is 4.32. The van der Waals surface area contributed by atoms with Gasteiger partial charge in [0.1, 0.15) is 0 Å². The molecule has 0 aliphatic heterocycles. The van der Waals surface area contributed by atoms with Crippen LogP contribution in [-0.2, 0) is 0 Å². The maximum Gasteiger partial charge on any atom is 0.00277 e. The zero-order chi connectivity index (χ0) is 10.9. The third-order valence-electron chi connectivity index (χ3n) is 2.06. The van der Waals surface area contributed by atoms with Gasteiger partial charge in [-0.2, -0.15) is 0 Å². The van der Waals surface area contributed by atoms with Gasteiger partial charge in [0, 0.05) is 7.05 Å². The van der Waals surface area contributed by atoms with Gasteiger partial charge in [0.05, 0.1) is 0 Å². The number of hydrogen-bond donors (Lipinski definition) is 1. The molecule has 1 nitrogen and oxygen atoms in total. The molecule has 0 aromatic heterocycles. The van der Waals surface area contributed by atoms with E-state index in [1.807, 2.05) is 37.5 Å². The van der Waals surface area contributed by atoms with Crippen LogP contribution >= 0.6 is 0 Å². The minimum Gasteiger partial charge on any atom is -0.394 e. The molecule has 0 bridgehead atoms. The molecule has 0 spiro atoms. The monoisotopic (exact) mass is 199 g/mol. The van der Waals surface area contributed by atoms with Gasteiger partial charge in [-0.1, -0.05) is 48.6 Å². The first-order chi connectivity index (χ1) is 7.34. The van der Waals surface area contributed by atoms with Crippen LogP contribution in [0.4, 0.5) is 0 Å². The molecule has 15 heavy (non-hydrogen) atoms. The second-order valence-corrected chi connectivity index (χ2v) is 3.25. The molecule has 1 aromatic rings. The Morgan fingerprint density at radius 2 is 1.80 bits per heavy atom. The predicted molar refractivity (Wildman–Crippen MR) is 67.4 cm³/mol. The Morgan fingerprint density at radius 3 is 2.47 bits per heavy atom. The summed E-state index contributed by atoms with van der Waals surface area (Å²) >= 11 is 0. The topological polar surface area (TPSA) is 12.0 Å². The first-order valence-corrected chi connectivity index (χ1v) is 5.07. The van der Waals surface area contributed by atoms with Gasteiger partial charge in [-0.25, -0.2) is 0 Å². The van der Waals surface area contributed by atoms with Crippen LogP contribution in [0.25, 0.3) is 5.57 Å². The highest BCUT2D eigenvalue weighted by atomic mass is 14.8. The van der Waals surface area contributed by atoms with Crippen molar-refractivity contribution in [1.82, 2.24) is 5.32 Å². The molecule has 0 amide bonds. The number of hydrogen-bond acceptors (Lipinski definition) is 1. The SMILES string of the molecule is CN/C=C/C=C\C=C(/C)c1ccccc1. The van der Waals surface area contributed by atoms with Crippen molar-refractivity contribution in [3.8, 4) is 0 Å². The van der Waals surface area contributed by atoms with Gasteiger partial charge in [0.2, 0.25) is 0 Å². The van der Waals surface area contributed by atoms with Crippen molar-refractivity contribution in [3.05, 3.63) is 66.4 Å². The van der Waals surface area contributed by atoms with Gasteiger partial charge in [-0.05, 0) is 30.3 Å². The van der Waals surface area contributed by atoms with E-state index < -0.39 is 0 Å². The minimum absolute atomic E-state index is 1.26. The van der Waals surface area contributed by atoms with Crippen LogP contribution in [0, 0.1) is 0 Å². The first kappa shape index (κ1) is 11.3. The van der Waals surface area contributed by atoms with E-state index in [1.165, 1.54) is 11.1 Å². The Balaban J connectivity index is 2.61. The first-order valence-electron chi connectivity index (χ1n) is 5.07. The van der Waals surface area contributed by atoms with Crippen LogP contribution < -0.4 is 5.32 Å². The third-order valence-corrected chi connectivity index (χ3v) is 2.06. The number of benzene rings is 1. The lowest BCUT2D eigenvalue weighted by Crippen LogP contribution is -1.89. The van der Waals surface area contributed by atoms with Crippen molar-refractivity contribution in [2.24, 2.45) is 0 Å². The molecule has 0 saturated carbocycles. The summed E-state index contributed by atoms with van der Waals surface area (Å²) in [5.41, 5.74) is 2.53. The Kier molecular flexibility index (Phi) is 5.02. The van der Waals surface area contributed by atoms with Crippen LogP contribution in [0.1, 0.15) is 12.5 Å². The number of nitrogens with one attached hydrogen (secondary N) is 1. The average molecular weight is 199 g/mol. The normalized spacial score (nSPS) is 12.5. The molecule has 0 heterocycles. The standard InChI is InChI=1S/C14H17N/c1-13(9-5-4-8-12-15-2)14-10-6-3-7-11-14/h3-12,15H,1-2H3/b5-4-,12-8+,13-9+. The highest BCUT2D eigenvalue weighted by molar-refractivity contribution is 5.64. The molecule has 0 atom stereocenters. The van der Waals surface area contributed by atoms with E-state index in [2.05, 4.69) is 42.6 Å². The minimum atomic E-state index is 1.26. The molecule has 78 valence electrons. The summed E-state index contributed by atoms with van der Waals surface area (Å²) in [6.07, 6.45) is 10.0. The Bertz CT molecular complexity index is 358. The van der Waals surface area contributed by atoms with E-state index >= 15 is 0 Å².